The molecule has 0 unspecified atom stereocenters. The van der Waals surface area contributed by atoms with E-state index in [9.17, 15) is 9.59 Å². The van der Waals surface area contributed by atoms with Crippen LogP contribution >= 0.6 is 15.9 Å². The zero-order valence-electron chi connectivity index (χ0n) is 17.0. The fourth-order valence-electron chi connectivity index (χ4n) is 5.02. The molecular weight excluding hydrogens is 408 g/mol. The van der Waals surface area contributed by atoms with E-state index < -0.39 is 0 Å². The largest absolute Gasteiger partial charge is 0.380 e. The fraction of sp³-hybridized carbons (Fsp3) is 0.750. The van der Waals surface area contributed by atoms with Crippen LogP contribution in [0.3, 0.4) is 0 Å². The van der Waals surface area contributed by atoms with Crippen molar-refractivity contribution < 1.29 is 4.79 Å². The van der Waals surface area contributed by atoms with Gasteiger partial charge in [0.2, 0.25) is 5.91 Å². The first kappa shape index (κ1) is 20.4. The summed E-state index contributed by atoms with van der Waals surface area (Å²) < 4.78 is 1.69. The number of anilines is 1. The average molecular weight is 439 g/mol. The molecule has 3 saturated carbocycles. The van der Waals surface area contributed by atoms with E-state index in [1.165, 1.54) is 11.1 Å². The second-order valence-electron chi connectivity index (χ2n) is 8.61. The molecule has 7 heteroatoms. The van der Waals surface area contributed by atoms with Crippen molar-refractivity contribution in [2.75, 3.05) is 18.4 Å². The van der Waals surface area contributed by atoms with Crippen LogP contribution in [0.15, 0.2) is 15.5 Å². The summed E-state index contributed by atoms with van der Waals surface area (Å²) in [6.45, 7) is 12.2. The number of carbonyl (C=O) groups is 1. The fourth-order valence-corrected chi connectivity index (χ4v) is 5.44. The molecule has 0 spiro atoms. The molecule has 4 rings (SSSR count). The lowest BCUT2D eigenvalue weighted by molar-refractivity contribution is -0.131. The van der Waals surface area contributed by atoms with E-state index in [0.29, 0.717) is 34.9 Å². The van der Waals surface area contributed by atoms with Crippen molar-refractivity contribution in [1.82, 2.24) is 14.7 Å². The maximum Gasteiger partial charge on any atom is 0.283 e. The minimum Gasteiger partial charge on any atom is -0.380 e. The van der Waals surface area contributed by atoms with Gasteiger partial charge in [0.05, 0.1) is 11.9 Å². The van der Waals surface area contributed by atoms with Crippen LogP contribution in [0.4, 0.5) is 5.69 Å². The van der Waals surface area contributed by atoms with Crippen LogP contribution in [0.1, 0.15) is 47.5 Å². The minimum absolute atomic E-state index is 0.0302. The summed E-state index contributed by atoms with van der Waals surface area (Å²) >= 11 is 3.43. The van der Waals surface area contributed by atoms with Crippen molar-refractivity contribution in [2.45, 2.75) is 60.0 Å². The molecule has 3 aliphatic carbocycles. The van der Waals surface area contributed by atoms with E-state index in [4.69, 9.17) is 0 Å². The number of halogens is 1. The van der Waals surface area contributed by atoms with Crippen LogP contribution < -0.4 is 10.9 Å². The molecule has 150 valence electrons. The normalized spacial score (nSPS) is 28.4. The van der Waals surface area contributed by atoms with E-state index >= 15 is 0 Å². The van der Waals surface area contributed by atoms with Crippen LogP contribution in [-0.4, -0.2) is 39.7 Å². The van der Waals surface area contributed by atoms with Crippen LogP contribution in [0.2, 0.25) is 0 Å². The van der Waals surface area contributed by atoms with E-state index in [1.807, 2.05) is 13.8 Å². The van der Waals surface area contributed by atoms with Crippen LogP contribution in [0.5, 0.6) is 0 Å². The molecule has 0 saturated heterocycles. The zero-order chi connectivity index (χ0) is 19.9. The summed E-state index contributed by atoms with van der Waals surface area (Å²) in [6, 6.07) is 0.354. The lowest BCUT2D eigenvalue weighted by atomic mass is 9.45. The highest BCUT2D eigenvalue weighted by atomic mass is 79.9. The van der Waals surface area contributed by atoms with E-state index in [0.717, 1.165) is 23.9 Å². The van der Waals surface area contributed by atoms with Crippen molar-refractivity contribution >= 4 is 27.5 Å². The van der Waals surface area contributed by atoms with Gasteiger partial charge in [0, 0.05) is 19.1 Å². The number of nitrogens with one attached hydrogen (secondary N) is 1. The van der Waals surface area contributed by atoms with Crippen LogP contribution in [0.25, 0.3) is 0 Å². The third kappa shape index (κ3) is 3.55. The third-order valence-corrected chi connectivity index (χ3v) is 7.85. The molecule has 2 bridgehead atoms. The molecule has 0 aliphatic heterocycles. The summed E-state index contributed by atoms with van der Waals surface area (Å²) in [4.78, 5) is 26.6. The van der Waals surface area contributed by atoms with Gasteiger partial charge in [-0.15, -0.1) is 0 Å². The molecule has 1 aromatic heterocycles. The first-order chi connectivity index (χ1) is 12.7. The number of hydrogen-bond donors (Lipinski definition) is 1. The van der Waals surface area contributed by atoms with Gasteiger partial charge in [0.1, 0.15) is 11.0 Å². The maximum absolute atomic E-state index is 12.7. The van der Waals surface area contributed by atoms with Gasteiger partial charge in [-0.1, -0.05) is 20.8 Å². The zero-order valence-corrected chi connectivity index (χ0v) is 18.5. The predicted octanol–water partition coefficient (Wildman–Crippen LogP) is 3.36. The SMILES string of the molecule is CCN(CC)C(=O)Cn1ncc(N[C@@H]2C[C@H]3C[C@@H]([C@H]2C)C3(C)C)c(Br)c1=O. The number of fused-ring (bicyclic) bond motifs is 2. The van der Waals surface area contributed by atoms with Crippen molar-refractivity contribution in [2.24, 2.45) is 23.2 Å². The first-order valence-corrected chi connectivity index (χ1v) is 10.8. The van der Waals surface area contributed by atoms with Crippen LogP contribution in [-0.2, 0) is 11.3 Å². The highest BCUT2D eigenvalue weighted by Crippen LogP contribution is 2.61. The Morgan fingerprint density at radius 3 is 2.59 bits per heavy atom. The van der Waals surface area contributed by atoms with Crippen molar-refractivity contribution in [3.05, 3.63) is 21.0 Å². The Bertz CT molecular complexity index is 772. The number of amides is 1. The molecule has 1 amide bonds. The van der Waals surface area contributed by atoms with Gasteiger partial charge in [-0.25, -0.2) is 4.68 Å². The number of likely N-dealkylation sites (N-methyl/N-ethyl adjacent to an activating group) is 1. The standard InChI is InChI=1S/C20H31BrN4O2/c1-6-24(7-2)17(26)11-25-19(27)18(21)16(10-22-25)23-15-9-13-8-14(12(15)3)20(13,4)5/h10,12-15,23H,6-9,11H2,1-5H3/t12-,13-,14+,15-/m1/s1. The highest BCUT2D eigenvalue weighted by Gasteiger charge is 2.56. The quantitative estimate of drug-likeness (QED) is 0.738. The van der Waals surface area contributed by atoms with Gasteiger partial charge in [-0.05, 0) is 65.8 Å². The smallest absolute Gasteiger partial charge is 0.283 e. The number of aromatic nitrogens is 2. The average Bonchev–Trinajstić information content (AvgIpc) is 2.63. The summed E-state index contributed by atoms with van der Waals surface area (Å²) in [5.74, 6) is 1.94. The Kier molecular flexibility index (Phi) is 5.71. The molecule has 0 radical (unpaired) electrons. The van der Waals surface area contributed by atoms with Gasteiger partial charge >= 0.3 is 0 Å². The minimum atomic E-state index is -0.269. The monoisotopic (exact) mass is 438 g/mol. The Morgan fingerprint density at radius 1 is 1.37 bits per heavy atom. The number of rotatable bonds is 6. The van der Waals surface area contributed by atoms with Gasteiger partial charge in [0.25, 0.3) is 5.56 Å². The highest BCUT2D eigenvalue weighted by molar-refractivity contribution is 9.10. The van der Waals surface area contributed by atoms with E-state index in [1.54, 1.807) is 11.1 Å². The second-order valence-corrected chi connectivity index (χ2v) is 9.40. The topological polar surface area (TPSA) is 67.2 Å². The summed E-state index contributed by atoms with van der Waals surface area (Å²) in [5, 5.41) is 7.79. The maximum atomic E-state index is 12.7. The van der Waals surface area contributed by atoms with Crippen molar-refractivity contribution in [3.63, 3.8) is 0 Å². The van der Waals surface area contributed by atoms with Gasteiger partial charge < -0.3 is 10.2 Å². The van der Waals surface area contributed by atoms with Gasteiger partial charge in [0.15, 0.2) is 0 Å². The molecule has 3 aliphatic rings. The van der Waals surface area contributed by atoms with Crippen molar-refractivity contribution in [3.8, 4) is 0 Å². The molecule has 4 atom stereocenters. The third-order valence-electron chi connectivity index (χ3n) is 7.08. The molecule has 1 heterocycles. The van der Waals surface area contributed by atoms with Gasteiger partial charge in [-0.2, -0.15) is 5.10 Å². The first-order valence-electron chi connectivity index (χ1n) is 10.0. The number of carbonyl (C=O) groups excluding carboxylic acids is 1. The molecule has 6 nitrogen and oxygen atoms in total. The molecule has 1 N–H and O–H groups in total. The molecule has 3 fully saturated rings. The Morgan fingerprint density at radius 2 is 2.04 bits per heavy atom. The molecule has 27 heavy (non-hydrogen) atoms. The Labute approximate surface area is 169 Å². The Hall–Kier alpha value is -1.37. The lowest BCUT2D eigenvalue weighted by Crippen LogP contribution is -2.58. The summed E-state index contributed by atoms with van der Waals surface area (Å²) in [5.41, 5.74) is 0.887. The molecule has 0 aromatic carbocycles. The molecule has 1 aromatic rings. The van der Waals surface area contributed by atoms with E-state index in [-0.39, 0.29) is 18.0 Å². The van der Waals surface area contributed by atoms with Gasteiger partial charge in [-0.3, -0.25) is 9.59 Å². The summed E-state index contributed by atoms with van der Waals surface area (Å²) in [7, 11) is 0. The summed E-state index contributed by atoms with van der Waals surface area (Å²) in [6.07, 6.45) is 4.11. The second kappa shape index (κ2) is 7.57. The predicted molar refractivity (Wildman–Crippen MR) is 111 cm³/mol. The lowest BCUT2D eigenvalue weighted by Gasteiger charge is -2.62. The Balaban J connectivity index is 1.73. The van der Waals surface area contributed by atoms with Crippen molar-refractivity contribution in [1.29, 1.82) is 0 Å². The molecular formula is C20H31BrN4O2. The number of nitrogens with zero attached hydrogens (tertiary/aromatic N) is 3. The van der Waals surface area contributed by atoms with E-state index in [2.05, 4.69) is 47.1 Å². The van der Waals surface area contributed by atoms with Crippen LogP contribution in [0, 0.1) is 23.2 Å². The number of hydrogen-bond acceptors (Lipinski definition) is 4.